The summed E-state index contributed by atoms with van der Waals surface area (Å²) in [6.45, 7) is 3.63. The van der Waals surface area contributed by atoms with Gasteiger partial charge in [-0.3, -0.25) is 14.3 Å². The van der Waals surface area contributed by atoms with Gasteiger partial charge in [-0.25, -0.2) is 0 Å². The minimum Gasteiger partial charge on any atom is -0.481 e. The van der Waals surface area contributed by atoms with Crippen LogP contribution in [0.2, 0.25) is 0 Å². The third-order valence-electron chi connectivity index (χ3n) is 3.16. The molecule has 1 N–H and O–H groups in total. The van der Waals surface area contributed by atoms with Crippen molar-refractivity contribution in [2.75, 3.05) is 13.1 Å². The molecule has 1 amide bonds. The third kappa shape index (κ3) is 2.52. The number of carbonyl (C=O) groups excluding carboxylic acids is 1. The number of hydrogen-bond donors (Lipinski definition) is 1. The fourth-order valence-electron chi connectivity index (χ4n) is 2.15. The minimum atomic E-state index is -0.827. The molecular weight excluding hydrogens is 234 g/mol. The maximum atomic E-state index is 12.1. The van der Waals surface area contributed by atoms with Crippen LogP contribution in [0.5, 0.6) is 0 Å². The van der Waals surface area contributed by atoms with Crippen LogP contribution in [0.15, 0.2) is 12.4 Å². The lowest BCUT2D eigenvalue weighted by Gasteiger charge is -2.14. The lowest BCUT2D eigenvalue weighted by molar-refractivity contribution is -0.141. The van der Waals surface area contributed by atoms with Gasteiger partial charge in [-0.1, -0.05) is 6.92 Å². The third-order valence-corrected chi connectivity index (χ3v) is 3.16. The first-order valence-corrected chi connectivity index (χ1v) is 6.16. The summed E-state index contributed by atoms with van der Waals surface area (Å²) in [5.74, 6) is -1.38. The van der Waals surface area contributed by atoms with Gasteiger partial charge < -0.3 is 10.0 Å². The predicted octanol–water partition coefficient (Wildman–Crippen LogP) is 0.840. The average Bonchev–Trinajstić information content (AvgIpc) is 2.97. The first kappa shape index (κ1) is 12.6. The molecule has 1 aliphatic rings. The summed E-state index contributed by atoms with van der Waals surface area (Å²) in [7, 11) is 0. The fraction of sp³-hybridized carbons (Fsp3) is 0.583. The normalized spacial score (nSPS) is 19.2. The van der Waals surface area contributed by atoms with Crippen molar-refractivity contribution in [2.24, 2.45) is 5.92 Å². The zero-order valence-corrected chi connectivity index (χ0v) is 10.4. The Balaban J connectivity index is 2.01. The summed E-state index contributed by atoms with van der Waals surface area (Å²) in [4.78, 5) is 24.5. The van der Waals surface area contributed by atoms with Crippen molar-refractivity contribution < 1.29 is 14.7 Å². The number of carboxylic acid groups (broad SMARTS) is 1. The number of carbonyl (C=O) groups is 2. The molecule has 0 spiro atoms. The second kappa shape index (κ2) is 5.20. The van der Waals surface area contributed by atoms with Gasteiger partial charge >= 0.3 is 5.97 Å². The molecule has 6 heteroatoms. The van der Waals surface area contributed by atoms with Crippen molar-refractivity contribution in [1.82, 2.24) is 14.7 Å². The van der Waals surface area contributed by atoms with E-state index < -0.39 is 11.9 Å². The first-order chi connectivity index (χ1) is 8.61. The number of amides is 1. The van der Waals surface area contributed by atoms with E-state index in [-0.39, 0.29) is 5.91 Å². The van der Waals surface area contributed by atoms with Gasteiger partial charge in [-0.15, -0.1) is 0 Å². The highest BCUT2D eigenvalue weighted by Gasteiger charge is 2.31. The molecule has 0 bridgehead atoms. The minimum absolute atomic E-state index is 0.124. The van der Waals surface area contributed by atoms with E-state index in [1.807, 2.05) is 6.92 Å². The molecule has 1 saturated heterocycles. The van der Waals surface area contributed by atoms with E-state index in [4.69, 9.17) is 5.11 Å². The number of aromatic nitrogens is 2. The SMILES string of the molecule is CCCn1cc(C(=O)N2CCC(C(=O)O)C2)cn1. The van der Waals surface area contributed by atoms with Gasteiger partial charge in [-0.05, 0) is 12.8 Å². The molecule has 0 radical (unpaired) electrons. The van der Waals surface area contributed by atoms with Crippen LogP contribution in [0, 0.1) is 5.92 Å². The topological polar surface area (TPSA) is 75.4 Å². The molecule has 6 nitrogen and oxygen atoms in total. The van der Waals surface area contributed by atoms with Crippen molar-refractivity contribution in [2.45, 2.75) is 26.3 Å². The van der Waals surface area contributed by atoms with E-state index in [1.165, 1.54) is 0 Å². The number of nitrogens with zero attached hydrogens (tertiary/aromatic N) is 3. The summed E-state index contributed by atoms with van der Waals surface area (Å²) < 4.78 is 1.73. The Morgan fingerprint density at radius 3 is 2.94 bits per heavy atom. The molecule has 18 heavy (non-hydrogen) atoms. The Bertz CT molecular complexity index is 455. The molecule has 1 atom stereocenters. The Labute approximate surface area is 105 Å². The van der Waals surface area contributed by atoms with Crippen molar-refractivity contribution in [3.63, 3.8) is 0 Å². The van der Waals surface area contributed by atoms with E-state index in [2.05, 4.69) is 5.10 Å². The number of rotatable bonds is 4. The summed E-state index contributed by atoms with van der Waals surface area (Å²) in [6.07, 6.45) is 4.76. The highest BCUT2D eigenvalue weighted by Crippen LogP contribution is 2.18. The first-order valence-electron chi connectivity index (χ1n) is 6.16. The van der Waals surface area contributed by atoms with Crippen LogP contribution in [-0.2, 0) is 11.3 Å². The second-order valence-electron chi connectivity index (χ2n) is 4.57. The zero-order chi connectivity index (χ0) is 13.1. The van der Waals surface area contributed by atoms with Crippen molar-refractivity contribution in [3.8, 4) is 0 Å². The van der Waals surface area contributed by atoms with Crippen LogP contribution in [0.3, 0.4) is 0 Å². The maximum absolute atomic E-state index is 12.1. The van der Waals surface area contributed by atoms with Gasteiger partial charge in [0.25, 0.3) is 5.91 Å². The number of carboxylic acids is 1. The largest absolute Gasteiger partial charge is 0.481 e. The molecule has 2 rings (SSSR count). The maximum Gasteiger partial charge on any atom is 0.308 e. The molecule has 1 unspecified atom stereocenters. The lowest BCUT2D eigenvalue weighted by atomic mass is 10.1. The van der Waals surface area contributed by atoms with Crippen molar-refractivity contribution in [1.29, 1.82) is 0 Å². The Morgan fingerprint density at radius 2 is 2.33 bits per heavy atom. The molecule has 0 aliphatic carbocycles. The number of likely N-dealkylation sites (tertiary alicyclic amines) is 1. The molecule has 1 fully saturated rings. The van der Waals surface area contributed by atoms with Gasteiger partial charge in [0, 0.05) is 25.8 Å². The van der Waals surface area contributed by atoms with Crippen LogP contribution < -0.4 is 0 Å². The molecule has 98 valence electrons. The predicted molar refractivity (Wildman–Crippen MR) is 64.2 cm³/mol. The summed E-state index contributed by atoms with van der Waals surface area (Å²) >= 11 is 0. The van der Waals surface area contributed by atoms with Crippen molar-refractivity contribution in [3.05, 3.63) is 18.0 Å². The number of aryl methyl sites for hydroxylation is 1. The van der Waals surface area contributed by atoms with Gasteiger partial charge in [0.1, 0.15) is 0 Å². The van der Waals surface area contributed by atoms with E-state index in [0.29, 0.717) is 25.1 Å². The van der Waals surface area contributed by atoms with Crippen LogP contribution in [-0.4, -0.2) is 44.8 Å². The van der Waals surface area contributed by atoms with Gasteiger partial charge in [-0.2, -0.15) is 5.10 Å². The molecule has 0 aromatic carbocycles. The Kier molecular flexibility index (Phi) is 3.64. The van der Waals surface area contributed by atoms with E-state index in [0.717, 1.165) is 13.0 Å². The molecule has 1 aromatic heterocycles. The number of hydrogen-bond acceptors (Lipinski definition) is 3. The summed E-state index contributed by atoms with van der Waals surface area (Å²) in [5, 5.41) is 13.0. The van der Waals surface area contributed by atoms with E-state index in [1.54, 1.807) is 22.0 Å². The highest BCUT2D eigenvalue weighted by atomic mass is 16.4. The standard InChI is InChI=1S/C12H17N3O3/c1-2-4-15-8-10(6-13-15)11(16)14-5-3-9(7-14)12(17)18/h6,8-9H,2-5,7H2,1H3,(H,17,18). The second-order valence-corrected chi connectivity index (χ2v) is 4.57. The van der Waals surface area contributed by atoms with Crippen LogP contribution in [0.25, 0.3) is 0 Å². The van der Waals surface area contributed by atoms with E-state index >= 15 is 0 Å². The average molecular weight is 251 g/mol. The highest BCUT2D eigenvalue weighted by molar-refractivity contribution is 5.94. The summed E-state index contributed by atoms with van der Waals surface area (Å²) in [6, 6.07) is 0. The molecule has 1 aromatic rings. The van der Waals surface area contributed by atoms with Gasteiger partial charge in [0.2, 0.25) is 0 Å². The molecule has 1 aliphatic heterocycles. The van der Waals surface area contributed by atoms with Gasteiger partial charge in [0.15, 0.2) is 0 Å². The van der Waals surface area contributed by atoms with E-state index in [9.17, 15) is 9.59 Å². The number of aliphatic carboxylic acids is 1. The molecule has 2 heterocycles. The quantitative estimate of drug-likeness (QED) is 0.860. The smallest absolute Gasteiger partial charge is 0.308 e. The molecular formula is C12H17N3O3. The van der Waals surface area contributed by atoms with Crippen LogP contribution in [0.4, 0.5) is 0 Å². The Hall–Kier alpha value is -1.85. The fourth-order valence-corrected chi connectivity index (χ4v) is 2.15. The van der Waals surface area contributed by atoms with Crippen molar-refractivity contribution >= 4 is 11.9 Å². The Morgan fingerprint density at radius 1 is 1.56 bits per heavy atom. The zero-order valence-electron chi connectivity index (χ0n) is 10.4. The monoisotopic (exact) mass is 251 g/mol. The van der Waals surface area contributed by atoms with Crippen LogP contribution >= 0.6 is 0 Å². The summed E-state index contributed by atoms with van der Waals surface area (Å²) in [5.41, 5.74) is 0.537. The lowest BCUT2D eigenvalue weighted by Crippen LogP contribution is -2.29. The van der Waals surface area contributed by atoms with Gasteiger partial charge in [0.05, 0.1) is 17.7 Å². The molecule has 0 saturated carbocycles. The van der Waals surface area contributed by atoms with Crippen LogP contribution in [0.1, 0.15) is 30.1 Å².